The highest BCUT2D eigenvalue weighted by atomic mass is 16.5. The van der Waals surface area contributed by atoms with Crippen molar-refractivity contribution in [3.8, 4) is 0 Å². The number of rotatable bonds is 5. The van der Waals surface area contributed by atoms with Crippen molar-refractivity contribution < 1.29 is 14.6 Å². The van der Waals surface area contributed by atoms with E-state index >= 15 is 0 Å². The Labute approximate surface area is 97.2 Å². The third-order valence-corrected chi connectivity index (χ3v) is 4.37. The average Bonchev–Trinajstić information content (AvgIpc) is 2.75. The van der Waals surface area contributed by atoms with Crippen LogP contribution in [-0.4, -0.2) is 23.3 Å². The second-order valence-electron chi connectivity index (χ2n) is 5.21. The molecule has 3 unspecified atom stereocenters. The van der Waals surface area contributed by atoms with E-state index in [1.165, 1.54) is 0 Å². The van der Waals surface area contributed by atoms with Gasteiger partial charge in [-0.05, 0) is 38.0 Å². The fraction of sp³-hybridized carbons (Fsp3) is 0.923. The van der Waals surface area contributed by atoms with Gasteiger partial charge in [-0.15, -0.1) is 0 Å². The van der Waals surface area contributed by atoms with Crippen LogP contribution in [0.2, 0.25) is 0 Å². The van der Waals surface area contributed by atoms with Crippen molar-refractivity contribution in [3.05, 3.63) is 0 Å². The minimum absolute atomic E-state index is 0.253. The summed E-state index contributed by atoms with van der Waals surface area (Å²) in [4.78, 5) is 11.3. The third-order valence-electron chi connectivity index (χ3n) is 4.37. The van der Waals surface area contributed by atoms with Gasteiger partial charge in [0.15, 0.2) is 0 Å². The highest BCUT2D eigenvalue weighted by Gasteiger charge is 2.56. The summed E-state index contributed by atoms with van der Waals surface area (Å²) in [7, 11) is 0. The molecule has 0 bridgehead atoms. The fourth-order valence-corrected chi connectivity index (χ4v) is 3.56. The van der Waals surface area contributed by atoms with Gasteiger partial charge in [0, 0.05) is 6.61 Å². The Balaban J connectivity index is 2.07. The highest BCUT2D eigenvalue weighted by molar-refractivity contribution is 5.72. The molecule has 0 saturated heterocycles. The normalized spacial score (nSPS) is 37.6. The molecule has 0 heterocycles. The number of hydrogen-bond donors (Lipinski definition) is 1. The first kappa shape index (κ1) is 11.9. The minimum atomic E-state index is -0.652. The number of hydrogen-bond acceptors (Lipinski definition) is 2. The van der Waals surface area contributed by atoms with Crippen LogP contribution in [0.15, 0.2) is 0 Å². The van der Waals surface area contributed by atoms with Gasteiger partial charge in [0.2, 0.25) is 0 Å². The molecule has 2 aliphatic carbocycles. The maximum atomic E-state index is 11.3. The van der Waals surface area contributed by atoms with Crippen molar-refractivity contribution in [2.24, 2.45) is 11.8 Å². The van der Waals surface area contributed by atoms with Crippen molar-refractivity contribution in [1.29, 1.82) is 0 Å². The predicted molar refractivity (Wildman–Crippen MR) is 61.3 cm³/mol. The minimum Gasteiger partial charge on any atom is -0.481 e. The Hall–Kier alpha value is -0.570. The summed E-state index contributed by atoms with van der Waals surface area (Å²) in [6, 6.07) is 0. The molecule has 2 saturated carbocycles. The lowest BCUT2D eigenvalue weighted by Gasteiger charge is -2.34. The van der Waals surface area contributed by atoms with Crippen molar-refractivity contribution in [3.63, 3.8) is 0 Å². The van der Waals surface area contributed by atoms with Crippen LogP contribution in [0.1, 0.15) is 51.9 Å². The molecule has 0 amide bonds. The van der Waals surface area contributed by atoms with Gasteiger partial charge in [-0.1, -0.05) is 19.8 Å². The topological polar surface area (TPSA) is 46.5 Å². The molecule has 3 atom stereocenters. The molecular formula is C13H22O3. The first-order chi connectivity index (χ1) is 7.70. The molecule has 0 spiro atoms. The van der Waals surface area contributed by atoms with E-state index in [0.29, 0.717) is 5.92 Å². The maximum Gasteiger partial charge on any atom is 0.309 e. The van der Waals surface area contributed by atoms with Crippen LogP contribution < -0.4 is 0 Å². The Bertz CT molecular complexity index is 264. The zero-order valence-electron chi connectivity index (χ0n) is 10.1. The van der Waals surface area contributed by atoms with Crippen molar-refractivity contribution in [1.82, 2.24) is 0 Å². The first-order valence-electron chi connectivity index (χ1n) is 6.57. The van der Waals surface area contributed by atoms with Crippen LogP contribution in [0, 0.1) is 11.8 Å². The Morgan fingerprint density at radius 2 is 2.25 bits per heavy atom. The molecule has 1 N–H and O–H groups in total. The molecule has 2 fully saturated rings. The van der Waals surface area contributed by atoms with Crippen molar-refractivity contribution in [2.75, 3.05) is 6.61 Å². The summed E-state index contributed by atoms with van der Waals surface area (Å²) >= 11 is 0. The molecular weight excluding hydrogens is 204 g/mol. The number of carbonyl (C=O) groups is 1. The quantitative estimate of drug-likeness (QED) is 0.733. The van der Waals surface area contributed by atoms with E-state index < -0.39 is 5.97 Å². The van der Waals surface area contributed by atoms with Crippen LogP contribution in [0.4, 0.5) is 0 Å². The zero-order chi connectivity index (χ0) is 11.6. The van der Waals surface area contributed by atoms with Crippen LogP contribution in [0.3, 0.4) is 0 Å². The Kier molecular flexibility index (Phi) is 3.53. The van der Waals surface area contributed by atoms with E-state index in [0.717, 1.165) is 51.6 Å². The van der Waals surface area contributed by atoms with E-state index in [1.54, 1.807) is 0 Å². The number of unbranched alkanes of at least 4 members (excludes halogenated alkanes) is 1. The van der Waals surface area contributed by atoms with Gasteiger partial charge < -0.3 is 9.84 Å². The van der Waals surface area contributed by atoms with Crippen molar-refractivity contribution >= 4 is 5.97 Å². The van der Waals surface area contributed by atoms with E-state index in [1.807, 2.05) is 0 Å². The van der Waals surface area contributed by atoms with Crippen LogP contribution in [0.25, 0.3) is 0 Å². The molecule has 0 radical (unpaired) electrons. The van der Waals surface area contributed by atoms with E-state index in [9.17, 15) is 9.90 Å². The summed E-state index contributed by atoms with van der Waals surface area (Å²) < 4.78 is 6.05. The SMILES string of the molecule is CCCCOC12CCCC1CCC2C(=O)O. The van der Waals surface area contributed by atoms with Gasteiger partial charge in [0.1, 0.15) is 0 Å². The first-order valence-corrected chi connectivity index (χ1v) is 6.57. The van der Waals surface area contributed by atoms with Crippen molar-refractivity contribution in [2.45, 2.75) is 57.5 Å². The summed E-state index contributed by atoms with van der Waals surface area (Å²) in [6.07, 6.45) is 7.27. The number of carboxylic acid groups (broad SMARTS) is 1. The predicted octanol–water partition coefficient (Wildman–Crippen LogP) is 2.84. The standard InChI is InChI=1S/C13H22O3/c1-2-3-9-16-13-8-4-5-10(13)6-7-11(13)12(14)15/h10-11H,2-9H2,1H3,(H,14,15). The third kappa shape index (κ3) is 1.86. The summed E-state index contributed by atoms with van der Waals surface area (Å²) in [5.41, 5.74) is -0.305. The number of ether oxygens (including phenoxy) is 1. The van der Waals surface area contributed by atoms with Gasteiger partial charge in [-0.2, -0.15) is 0 Å². The molecule has 0 aromatic rings. The molecule has 0 aliphatic heterocycles. The van der Waals surface area contributed by atoms with E-state index in [2.05, 4.69) is 6.92 Å². The monoisotopic (exact) mass is 226 g/mol. The highest BCUT2D eigenvalue weighted by Crippen LogP contribution is 2.53. The van der Waals surface area contributed by atoms with Crippen LogP contribution >= 0.6 is 0 Å². The molecule has 0 aromatic heterocycles. The molecule has 2 aliphatic rings. The lowest BCUT2D eigenvalue weighted by Crippen LogP contribution is -2.43. The zero-order valence-corrected chi connectivity index (χ0v) is 10.1. The molecule has 3 heteroatoms. The molecule has 0 aromatic carbocycles. The lowest BCUT2D eigenvalue weighted by molar-refractivity contribution is -0.157. The number of carboxylic acids is 1. The Morgan fingerprint density at radius 1 is 1.44 bits per heavy atom. The maximum absolute atomic E-state index is 11.3. The van der Waals surface area contributed by atoms with Crippen LogP contribution in [-0.2, 0) is 9.53 Å². The van der Waals surface area contributed by atoms with E-state index in [-0.39, 0.29) is 11.5 Å². The Morgan fingerprint density at radius 3 is 2.94 bits per heavy atom. The largest absolute Gasteiger partial charge is 0.481 e. The second kappa shape index (κ2) is 4.74. The summed E-state index contributed by atoms with van der Waals surface area (Å²) in [5, 5.41) is 9.30. The van der Waals surface area contributed by atoms with E-state index in [4.69, 9.17) is 4.74 Å². The molecule has 3 nitrogen and oxygen atoms in total. The van der Waals surface area contributed by atoms with Gasteiger partial charge in [0.25, 0.3) is 0 Å². The molecule has 16 heavy (non-hydrogen) atoms. The average molecular weight is 226 g/mol. The molecule has 2 rings (SSSR count). The van der Waals surface area contributed by atoms with Gasteiger partial charge >= 0.3 is 5.97 Å². The number of aliphatic carboxylic acids is 1. The van der Waals surface area contributed by atoms with Gasteiger partial charge in [-0.25, -0.2) is 0 Å². The summed E-state index contributed by atoms with van der Waals surface area (Å²) in [6.45, 7) is 2.87. The van der Waals surface area contributed by atoms with Gasteiger partial charge in [0.05, 0.1) is 11.5 Å². The second-order valence-corrected chi connectivity index (χ2v) is 5.21. The van der Waals surface area contributed by atoms with Crippen LogP contribution in [0.5, 0.6) is 0 Å². The summed E-state index contributed by atoms with van der Waals surface area (Å²) in [5.74, 6) is -0.400. The fourth-order valence-electron chi connectivity index (χ4n) is 3.56. The lowest BCUT2D eigenvalue weighted by atomic mass is 9.86. The smallest absolute Gasteiger partial charge is 0.309 e. The molecule has 92 valence electrons. The number of fused-ring (bicyclic) bond motifs is 1. The van der Waals surface area contributed by atoms with Gasteiger partial charge in [-0.3, -0.25) is 4.79 Å².